The molecule has 0 heterocycles. The highest BCUT2D eigenvalue weighted by Gasteiger charge is 2.18. The van der Waals surface area contributed by atoms with Crippen LogP contribution < -0.4 is 5.32 Å². The Balaban J connectivity index is 3.31. The van der Waals surface area contributed by atoms with E-state index in [1.807, 2.05) is 6.08 Å². The van der Waals surface area contributed by atoms with Crippen molar-refractivity contribution in [1.82, 2.24) is 5.32 Å². The molecule has 0 bridgehead atoms. The van der Waals surface area contributed by atoms with Crippen molar-refractivity contribution in [1.29, 1.82) is 0 Å². The van der Waals surface area contributed by atoms with Crippen LogP contribution in [0.5, 0.6) is 0 Å². The number of aliphatic hydroxyl groups excluding tert-OH is 2. The van der Waals surface area contributed by atoms with Crippen molar-refractivity contribution in [3.63, 3.8) is 0 Å². The average Bonchev–Trinajstić information content (AvgIpc) is 3.78. The van der Waals surface area contributed by atoms with Gasteiger partial charge in [-0.15, -0.1) is 0 Å². The minimum atomic E-state index is -0.841. The van der Waals surface area contributed by atoms with E-state index in [9.17, 15) is 19.8 Å². The van der Waals surface area contributed by atoms with E-state index in [0.29, 0.717) is 19.4 Å². The molecular weight excluding hydrogens is 1140 g/mol. The van der Waals surface area contributed by atoms with E-state index >= 15 is 0 Å². The lowest BCUT2D eigenvalue weighted by Crippen LogP contribution is -2.45. The van der Waals surface area contributed by atoms with Gasteiger partial charge in [-0.05, 0) is 32.1 Å². The highest BCUT2D eigenvalue weighted by Crippen LogP contribution is 2.21. The molecule has 0 aromatic heterocycles. The highest BCUT2D eigenvalue weighted by atomic mass is 16.5. The van der Waals surface area contributed by atoms with Crippen molar-refractivity contribution in [2.75, 3.05) is 13.2 Å². The van der Waals surface area contributed by atoms with Crippen molar-refractivity contribution in [3.05, 3.63) is 12.2 Å². The zero-order valence-electron chi connectivity index (χ0n) is 63.8. The minimum Gasteiger partial charge on any atom is -0.466 e. The highest BCUT2D eigenvalue weighted by molar-refractivity contribution is 5.76. The van der Waals surface area contributed by atoms with E-state index in [-0.39, 0.29) is 18.5 Å². The Morgan fingerprint density at radius 1 is 0.290 bits per heavy atom. The maximum absolute atomic E-state index is 12.6. The number of ether oxygens (including phenoxy) is 1. The van der Waals surface area contributed by atoms with E-state index in [2.05, 4.69) is 19.2 Å². The lowest BCUT2D eigenvalue weighted by Gasteiger charge is -2.20. The van der Waals surface area contributed by atoms with Crippen molar-refractivity contribution in [2.24, 2.45) is 0 Å². The van der Waals surface area contributed by atoms with Gasteiger partial charge < -0.3 is 20.3 Å². The van der Waals surface area contributed by atoms with Gasteiger partial charge in [0.15, 0.2) is 0 Å². The third-order valence-corrected chi connectivity index (χ3v) is 20.8. The van der Waals surface area contributed by atoms with Crippen molar-refractivity contribution in [3.8, 4) is 0 Å². The molecule has 6 nitrogen and oxygen atoms in total. The van der Waals surface area contributed by atoms with E-state index in [0.717, 1.165) is 38.5 Å². The molecule has 554 valence electrons. The zero-order valence-corrected chi connectivity index (χ0v) is 63.8. The summed E-state index contributed by atoms with van der Waals surface area (Å²) in [5, 5.41) is 23.3. The van der Waals surface area contributed by atoms with Crippen LogP contribution in [0.15, 0.2) is 12.2 Å². The summed E-state index contributed by atoms with van der Waals surface area (Å²) in [7, 11) is 0. The molecule has 0 aliphatic rings. The monoisotopic (exact) mass is 1310 g/mol. The Bertz CT molecular complexity index is 1420. The van der Waals surface area contributed by atoms with Crippen LogP contribution in [0.3, 0.4) is 0 Å². The number of carbonyl (C=O) groups excluding carboxylic acids is 2. The Morgan fingerprint density at radius 3 is 0.731 bits per heavy atom. The number of allylic oxidation sites excluding steroid dienone is 1. The van der Waals surface area contributed by atoms with Gasteiger partial charge in [0, 0.05) is 12.8 Å². The summed E-state index contributed by atoms with van der Waals surface area (Å²) in [5.74, 6) is -0.0279. The molecule has 6 heteroatoms. The molecule has 0 saturated carbocycles. The molecule has 0 aromatic carbocycles. The third kappa shape index (κ3) is 79.5. The number of esters is 1. The van der Waals surface area contributed by atoms with Crippen LogP contribution in [0.1, 0.15) is 508 Å². The van der Waals surface area contributed by atoms with Crippen molar-refractivity contribution < 1.29 is 24.5 Å². The van der Waals surface area contributed by atoms with Crippen molar-refractivity contribution in [2.45, 2.75) is 520 Å². The van der Waals surface area contributed by atoms with E-state index < -0.39 is 12.1 Å². The molecule has 0 aliphatic carbocycles. The molecule has 0 aromatic rings. The van der Waals surface area contributed by atoms with E-state index in [1.54, 1.807) is 6.08 Å². The molecular formula is C87H171NO5. The number of unbranched alkanes of at least 4 members (excludes halogenated alkanes) is 72. The second-order valence-electron chi connectivity index (χ2n) is 30.2. The van der Waals surface area contributed by atoms with Gasteiger partial charge in [0.25, 0.3) is 0 Å². The van der Waals surface area contributed by atoms with Gasteiger partial charge in [0.1, 0.15) is 0 Å². The lowest BCUT2D eigenvalue weighted by atomic mass is 10.0. The van der Waals surface area contributed by atoms with Gasteiger partial charge >= 0.3 is 5.97 Å². The Hall–Kier alpha value is -1.40. The Kier molecular flexibility index (Phi) is 81.8. The summed E-state index contributed by atoms with van der Waals surface area (Å²) in [6.45, 7) is 4.97. The van der Waals surface area contributed by atoms with Gasteiger partial charge in [-0.3, -0.25) is 9.59 Å². The molecule has 0 saturated heterocycles. The van der Waals surface area contributed by atoms with Gasteiger partial charge in [-0.25, -0.2) is 0 Å². The van der Waals surface area contributed by atoms with Crippen LogP contribution in [0.2, 0.25) is 0 Å². The first-order chi connectivity index (χ1) is 46.0. The SMILES string of the molecule is CCCCCCCCCCCCCCCCCCCCCC/C=C/C(O)C(CO)NC(=O)CCCCCCCCCCCCCCCCCCCCCCCCCCCCCCCCCCCCCCCCCOC(=O)CCCCCCCCCCCCCCCCC. The number of carbonyl (C=O) groups is 2. The average molecular weight is 1310 g/mol. The number of hydrogen-bond donors (Lipinski definition) is 3. The first kappa shape index (κ1) is 91.6. The lowest BCUT2D eigenvalue weighted by molar-refractivity contribution is -0.143. The smallest absolute Gasteiger partial charge is 0.305 e. The standard InChI is InChI=1S/C87H171NO5/c1-3-5-7-9-11-13-15-17-19-20-21-22-42-45-48-52-55-59-63-67-71-75-79-85(90)84(83-89)88-86(91)80-76-72-68-64-60-56-53-49-46-43-40-38-36-34-32-30-28-26-24-23-25-27-29-31-33-35-37-39-41-44-47-50-54-58-62-66-70-74-78-82-93-87(92)81-77-73-69-65-61-57-51-18-16-14-12-10-8-6-4-2/h75,79,84-85,89-90H,3-74,76-78,80-83H2,1-2H3,(H,88,91)/b79-75+. The largest absolute Gasteiger partial charge is 0.466 e. The molecule has 2 atom stereocenters. The molecule has 3 N–H and O–H groups in total. The molecule has 1 amide bonds. The van der Waals surface area contributed by atoms with Crippen LogP contribution in [0.25, 0.3) is 0 Å². The second kappa shape index (κ2) is 83.0. The van der Waals surface area contributed by atoms with Crippen LogP contribution in [-0.4, -0.2) is 47.4 Å². The molecule has 0 spiro atoms. The van der Waals surface area contributed by atoms with Crippen LogP contribution in [-0.2, 0) is 14.3 Å². The Labute approximate surface area is 584 Å². The molecule has 0 radical (unpaired) electrons. The maximum Gasteiger partial charge on any atom is 0.305 e. The predicted octanol–water partition coefficient (Wildman–Crippen LogP) is 29.0. The number of aliphatic hydroxyl groups is 2. The normalized spacial score (nSPS) is 12.4. The summed E-state index contributed by atoms with van der Waals surface area (Å²) in [6.07, 6.45) is 107. The van der Waals surface area contributed by atoms with Gasteiger partial charge in [-0.2, -0.15) is 0 Å². The predicted molar refractivity (Wildman–Crippen MR) is 412 cm³/mol. The summed E-state index contributed by atoms with van der Waals surface area (Å²) in [5.41, 5.74) is 0. The minimum absolute atomic E-state index is 0.0282. The topological polar surface area (TPSA) is 95.9 Å². The van der Waals surface area contributed by atoms with E-state index in [1.165, 1.54) is 443 Å². The summed E-state index contributed by atoms with van der Waals surface area (Å²) in [6, 6.07) is -0.624. The van der Waals surface area contributed by atoms with Gasteiger partial charge in [0.05, 0.1) is 25.4 Å². The summed E-state index contributed by atoms with van der Waals surface area (Å²) < 4.78 is 5.51. The first-order valence-electron chi connectivity index (χ1n) is 43.5. The summed E-state index contributed by atoms with van der Waals surface area (Å²) in [4.78, 5) is 24.7. The molecule has 0 rings (SSSR count). The fourth-order valence-electron chi connectivity index (χ4n) is 14.2. The van der Waals surface area contributed by atoms with E-state index in [4.69, 9.17) is 4.74 Å². The maximum atomic E-state index is 12.6. The van der Waals surface area contributed by atoms with Gasteiger partial charge in [-0.1, -0.05) is 475 Å². The molecule has 93 heavy (non-hydrogen) atoms. The molecule has 0 fully saturated rings. The molecule has 2 unspecified atom stereocenters. The second-order valence-corrected chi connectivity index (χ2v) is 30.2. The molecule has 0 aliphatic heterocycles. The van der Waals surface area contributed by atoms with Crippen LogP contribution in [0.4, 0.5) is 0 Å². The number of amides is 1. The van der Waals surface area contributed by atoms with Crippen LogP contribution >= 0.6 is 0 Å². The number of nitrogens with one attached hydrogen (secondary N) is 1. The number of rotatable bonds is 83. The fraction of sp³-hybridized carbons (Fsp3) is 0.954. The van der Waals surface area contributed by atoms with Crippen molar-refractivity contribution >= 4 is 11.9 Å². The third-order valence-electron chi connectivity index (χ3n) is 20.8. The fourth-order valence-corrected chi connectivity index (χ4v) is 14.2. The zero-order chi connectivity index (χ0) is 67.0. The first-order valence-corrected chi connectivity index (χ1v) is 43.5. The van der Waals surface area contributed by atoms with Gasteiger partial charge in [0.2, 0.25) is 5.91 Å². The summed E-state index contributed by atoms with van der Waals surface area (Å²) >= 11 is 0. The van der Waals surface area contributed by atoms with Crippen LogP contribution in [0, 0.1) is 0 Å². The number of hydrogen-bond acceptors (Lipinski definition) is 5. The quantitative estimate of drug-likeness (QED) is 0.0320. The Morgan fingerprint density at radius 2 is 0.495 bits per heavy atom.